The molecule has 144 valence electrons. The minimum atomic E-state index is -3.72. The Morgan fingerprint density at radius 2 is 1.54 bits per heavy atom. The molecule has 5 nitrogen and oxygen atoms in total. The second-order valence-corrected chi connectivity index (χ2v) is 7.99. The molecule has 1 aromatic heterocycles. The summed E-state index contributed by atoms with van der Waals surface area (Å²) in [6.45, 7) is 4.00. The van der Waals surface area contributed by atoms with Crippen LogP contribution in [0.1, 0.15) is 25.0 Å². The normalized spacial score (nSPS) is 12.2. The van der Waals surface area contributed by atoms with Crippen molar-refractivity contribution in [2.75, 3.05) is 11.8 Å². The van der Waals surface area contributed by atoms with E-state index in [1.807, 2.05) is 44.2 Å². The highest BCUT2D eigenvalue weighted by Gasteiger charge is 2.17. The van der Waals surface area contributed by atoms with E-state index in [-0.39, 0.29) is 4.90 Å². The summed E-state index contributed by atoms with van der Waals surface area (Å²) >= 11 is 0. The maximum atomic E-state index is 12.8. The topological polar surface area (TPSA) is 68.3 Å². The van der Waals surface area contributed by atoms with Crippen molar-refractivity contribution in [1.82, 2.24) is 4.98 Å². The average molecular weight is 394 g/mol. The minimum Gasteiger partial charge on any atom is -0.497 e. The van der Waals surface area contributed by atoms with E-state index in [1.165, 1.54) is 19.2 Å². The highest BCUT2D eigenvalue weighted by molar-refractivity contribution is 7.92. The van der Waals surface area contributed by atoms with Crippen LogP contribution in [-0.4, -0.2) is 20.5 Å². The first-order valence-corrected chi connectivity index (χ1v) is 10.2. The lowest BCUT2D eigenvalue weighted by Gasteiger charge is -2.15. The van der Waals surface area contributed by atoms with Gasteiger partial charge in [-0.15, -0.1) is 0 Å². The fourth-order valence-corrected chi connectivity index (χ4v) is 3.96. The largest absolute Gasteiger partial charge is 0.497 e. The third kappa shape index (κ3) is 4.23. The van der Waals surface area contributed by atoms with E-state index < -0.39 is 10.0 Å². The number of rotatable bonds is 6. The maximum Gasteiger partial charge on any atom is 0.261 e. The smallest absolute Gasteiger partial charge is 0.261 e. The molecule has 0 radical (unpaired) electrons. The Hall–Kier alpha value is -3.12. The summed E-state index contributed by atoms with van der Waals surface area (Å²) in [5.74, 6) is 0.603. The molecular formula is C22H22N2O3S. The zero-order chi connectivity index (χ0) is 20.1. The van der Waals surface area contributed by atoms with Gasteiger partial charge in [0, 0.05) is 18.0 Å². The standard InChI is InChI=1S/C22H22N2O3S/c1-16(18-12-14-23-15-13-18)17(2)21-6-4-5-7-22(21)24-28(25,26)20-10-8-19(27-3)9-11-20/h4-15,24H,1-3H3. The summed E-state index contributed by atoms with van der Waals surface area (Å²) in [5.41, 5.74) is 4.44. The van der Waals surface area contributed by atoms with Crippen LogP contribution in [0, 0.1) is 0 Å². The molecule has 6 heteroatoms. The molecule has 0 amide bonds. The lowest BCUT2D eigenvalue weighted by atomic mass is 9.97. The highest BCUT2D eigenvalue weighted by atomic mass is 32.2. The molecule has 3 aromatic rings. The van der Waals surface area contributed by atoms with Crippen molar-refractivity contribution in [2.24, 2.45) is 0 Å². The van der Waals surface area contributed by atoms with Crippen molar-refractivity contribution in [1.29, 1.82) is 0 Å². The van der Waals surface area contributed by atoms with Gasteiger partial charge in [0.2, 0.25) is 0 Å². The quantitative estimate of drug-likeness (QED) is 0.649. The number of benzene rings is 2. The first-order chi connectivity index (χ1) is 13.4. The van der Waals surface area contributed by atoms with Crippen LogP contribution < -0.4 is 9.46 Å². The molecule has 1 N–H and O–H groups in total. The van der Waals surface area contributed by atoms with E-state index in [4.69, 9.17) is 4.74 Å². The van der Waals surface area contributed by atoms with Gasteiger partial charge in [-0.1, -0.05) is 18.2 Å². The zero-order valence-electron chi connectivity index (χ0n) is 16.0. The van der Waals surface area contributed by atoms with E-state index in [2.05, 4.69) is 9.71 Å². The van der Waals surface area contributed by atoms with Gasteiger partial charge in [0.05, 0.1) is 17.7 Å². The molecule has 3 rings (SSSR count). The van der Waals surface area contributed by atoms with E-state index in [9.17, 15) is 8.42 Å². The van der Waals surface area contributed by atoms with Crippen LogP contribution in [0.25, 0.3) is 11.1 Å². The van der Waals surface area contributed by atoms with Crippen molar-refractivity contribution >= 4 is 26.9 Å². The van der Waals surface area contributed by atoms with Crippen molar-refractivity contribution in [3.63, 3.8) is 0 Å². The van der Waals surface area contributed by atoms with Crippen molar-refractivity contribution in [2.45, 2.75) is 18.7 Å². The Kier molecular flexibility index (Phi) is 5.80. The summed E-state index contributed by atoms with van der Waals surface area (Å²) in [5, 5.41) is 0. The number of hydrogen-bond donors (Lipinski definition) is 1. The summed E-state index contributed by atoms with van der Waals surface area (Å²) < 4.78 is 33.5. The van der Waals surface area contributed by atoms with E-state index >= 15 is 0 Å². The Morgan fingerprint density at radius 3 is 2.18 bits per heavy atom. The molecule has 0 spiro atoms. The van der Waals surface area contributed by atoms with Gasteiger partial charge < -0.3 is 4.74 Å². The number of pyridine rings is 1. The molecule has 0 saturated heterocycles. The molecule has 0 aliphatic heterocycles. The Balaban J connectivity index is 1.98. The number of nitrogens with zero attached hydrogens (tertiary/aromatic N) is 1. The molecule has 0 aliphatic rings. The number of allylic oxidation sites excluding steroid dienone is 2. The van der Waals surface area contributed by atoms with Crippen LogP contribution in [0.4, 0.5) is 5.69 Å². The first kappa shape index (κ1) is 19.6. The molecule has 0 fully saturated rings. The van der Waals surface area contributed by atoms with Crippen LogP contribution in [0.2, 0.25) is 0 Å². The number of sulfonamides is 1. The predicted molar refractivity (Wildman–Crippen MR) is 113 cm³/mol. The third-order valence-corrected chi connectivity index (χ3v) is 6.00. The number of para-hydroxylation sites is 1. The van der Waals surface area contributed by atoms with E-state index in [0.717, 1.165) is 22.3 Å². The number of ether oxygens (including phenoxy) is 1. The van der Waals surface area contributed by atoms with Crippen LogP contribution >= 0.6 is 0 Å². The van der Waals surface area contributed by atoms with Gasteiger partial charge in [-0.2, -0.15) is 0 Å². The van der Waals surface area contributed by atoms with Gasteiger partial charge in [-0.05, 0) is 73.0 Å². The lowest BCUT2D eigenvalue weighted by Crippen LogP contribution is -2.14. The number of anilines is 1. The molecule has 0 aliphatic carbocycles. The van der Waals surface area contributed by atoms with Gasteiger partial charge in [0.1, 0.15) is 5.75 Å². The lowest BCUT2D eigenvalue weighted by molar-refractivity contribution is 0.414. The van der Waals surface area contributed by atoms with Crippen LogP contribution in [0.5, 0.6) is 5.75 Å². The molecule has 0 atom stereocenters. The Labute approximate surface area is 165 Å². The summed E-state index contributed by atoms with van der Waals surface area (Å²) in [6.07, 6.45) is 3.48. The van der Waals surface area contributed by atoms with E-state index in [0.29, 0.717) is 11.4 Å². The molecular weight excluding hydrogens is 372 g/mol. The highest BCUT2D eigenvalue weighted by Crippen LogP contribution is 2.31. The number of nitrogens with one attached hydrogen (secondary N) is 1. The molecule has 2 aromatic carbocycles. The van der Waals surface area contributed by atoms with Crippen molar-refractivity contribution in [3.8, 4) is 5.75 Å². The number of hydrogen-bond acceptors (Lipinski definition) is 4. The summed E-state index contributed by atoms with van der Waals surface area (Å²) in [4.78, 5) is 4.23. The second kappa shape index (κ2) is 8.27. The van der Waals surface area contributed by atoms with Gasteiger partial charge in [-0.25, -0.2) is 8.42 Å². The summed E-state index contributed by atoms with van der Waals surface area (Å²) in [7, 11) is -2.18. The first-order valence-electron chi connectivity index (χ1n) is 8.76. The Morgan fingerprint density at radius 1 is 0.893 bits per heavy atom. The predicted octanol–water partition coefficient (Wildman–Crippen LogP) is 4.84. The van der Waals surface area contributed by atoms with Gasteiger partial charge >= 0.3 is 0 Å². The number of aromatic nitrogens is 1. The Bertz CT molecular complexity index is 1090. The SMILES string of the molecule is COc1ccc(S(=O)(=O)Nc2ccccc2C(C)=C(C)c2ccncc2)cc1. The van der Waals surface area contributed by atoms with Gasteiger partial charge in [0.25, 0.3) is 10.0 Å². The molecule has 0 saturated carbocycles. The maximum absolute atomic E-state index is 12.8. The summed E-state index contributed by atoms with van der Waals surface area (Å²) in [6, 6.07) is 17.5. The molecule has 0 unspecified atom stereocenters. The minimum absolute atomic E-state index is 0.176. The molecule has 0 bridgehead atoms. The van der Waals surface area contributed by atoms with Crippen LogP contribution in [-0.2, 0) is 10.0 Å². The zero-order valence-corrected chi connectivity index (χ0v) is 16.8. The molecule has 28 heavy (non-hydrogen) atoms. The van der Waals surface area contributed by atoms with Crippen LogP contribution in [0.15, 0.2) is 78.0 Å². The van der Waals surface area contributed by atoms with Crippen molar-refractivity contribution < 1.29 is 13.2 Å². The fraction of sp³-hybridized carbons (Fsp3) is 0.136. The van der Waals surface area contributed by atoms with Crippen molar-refractivity contribution in [3.05, 3.63) is 84.2 Å². The second-order valence-electron chi connectivity index (χ2n) is 6.31. The van der Waals surface area contributed by atoms with E-state index in [1.54, 1.807) is 30.6 Å². The monoisotopic (exact) mass is 394 g/mol. The molecule has 1 heterocycles. The van der Waals surface area contributed by atoms with Gasteiger partial charge in [0.15, 0.2) is 0 Å². The van der Waals surface area contributed by atoms with Crippen LogP contribution in [0.3, 0.4) is 0 Å². The third-order valence-electron chi connectivity index (χ3n) is 4.62. The average Bonchev–Trinajstić information content (AvgIpc) is 2.73. The number of methoxy groups -OCH3 is 1. The van der Waals surface area contributed by atoms with Gasteiger partial charge in [-0.3, -0.25) is 9.71 Å². The fourth-order valence-electron chi connectivity index (χ4n) is 2.88.